The quantitative estimate of drug-likeness (QED) is 0.331. The summed E-state index contributed by atoms with van der Waals surface area (Å²) in [6.07, 6.45) is -1.36. The minimum Gasteiger partial charge on any atom is -0.440 e. The molecular formula is C25H21F3N4O3S. The summed E-state index contributed by atoms with van der Waals surface area (Å²) in [6, 6.07) is 16.9. The topological polar surface area (TPSA) is 104 Å². The zero-order valence-corrected chi connectivity index (χ0v) is 19.7. The van der Waals surface area contributed by atoms with Gasteiger partial charge in [-0.3, -0.25) is 15.1 Å². The van der Waals surface area contributed by atoms with Crippen molar-refractivity contribution in [3.8, 4) is 0 Å². The number of benzene rings is 2. The minimum atomic E-state index is -4.68. The van der Waals surface area contributed by atoms with Crippen LogP contribution in [-0.2, 0) is 4.74 Å². The molecule has 0 aliphatic carbocycles. The van der Waals surface area contributed by atoms with Crippen molar-refractivity contribution in [2.75, 3.05) is 19.0 Å². The lowest BCUT2D eigenvalue weighted by Gasteiger charge is -2.14. The number of hydrogen-bond donors (Lipinski definition) is 3. The lowest BCUT2D eigenvalue weighted by molar-refractivity contribution is -0.159. The van der Waals surface area contributed by atoms with Crippen molar-refractivity contribution in [2.45, 2.75) is 16.0 Å². The second-order valence-corrected chi connectivity index (χ2v) is 8.32. The number of allylic oxidation sites excluding steroid dienone is 1. The van der Waals surface area contributed by atoms with Gasteiger partial charge < -0.3 is 15.5 Å². The number of carbonyl (C=O) groups excluding carboxylic acids is 2. The SMILES string of the molecule is CNC(=O)c1ccccc1Sc1ccc(C(=N)/C=C/c2ccccn2)c(NC(=O)OCC(F)(F)F)c1. The first-order valence-corrected chi connectivity index (χ1v) is 11.3. The molecule has 3 aromatic rings. The molecule has 2 amide bonds. The molecule has 36 heavy (non-hydrogen) atoms. The van der Waals surface area contributed by atoms with E-state index >= 15 is 0 Å². The summed E-state index contributed by atoms with van der Waals surface area (Å²) in [5.74, 6) is -0.287. The molecule has 0 aliphatic heterocycles. The number of alkyl halides is 3. The number of amides is 2. The van der Waals surface area contributed by atoms with Crippen LogP contribution in [0.25, 0.3) is 6.08 Å². The van der Waals surface area contributed by atoms with Crippen LogP contribution < -0.4 is 10.6 Å². The highest BCUT2D eigenvalue weighted by molar-refractivity contribution is 7.99. The molecule has 3 rings (SSSR count). The maximum absolute atomic E-state index is 12.5. The van der Waals surface area contributed by atoms with Crippen LogP contribution in [0, 0.1) is 5.41 Å². The molecule has 0 saturated heterocycles. The van der Waals surface area contributed by atoms with Crippen LogP contribution in [0.4, 0.5) is 23.7 Å². The largest absolute Gasteiger partial charge is 0.440 e. The Morgan fingerprint density at radius 2 is 1.83 bits per heavy atom. The Balaban J connectivity index is 1.91. The van der Waals surface area contributed by atoms with Crippen LogP contribution in [0.2, 0.25) is 0 Å². The van der Waals surface area contributed by atoms with Crippen LogP contribution in [0.1, 0.15) is 21.6 Å². The Hall–Kier alpha value is -4.12. The molecule has 186 valence electrons. The monoisotopic (exact) mass is 514 g/mol. The van der Waals surface area contributed by atoms with E-state index in [0.717, 1.165) is 0 Å². The molecule has 0 saturated carbocycles. The van der Waals surface area contributed by atoms with Gasteiger partial charge in [0.15, 0.2) is 6.61 Å². The molecule has 0 fully saturated rings. The van der Waals surface area contributed by atoms with E-state index in [1.165, 1.54) is 31.0 Å². The molecule has 1 aromatic heterocycles. The maximum atomic E-state index is 12.5. The first kappa shape index (κ1) is 26.5. The third-order valence-corrected chi connectivity index (χ3v) is 5.65. The highest BCUT2D eigenvalue weighted by Gasteiger charge is 2.29. The number of nitrogens with zero attached hydrogens (tertiary/aromatic N) is 1. The summed E-state index contributed by atoms with van der Waals surface area (Å²) in [5.41, 5.74) is 1.32. The molecule has 2 aromatic carbocycles. The summed E-state index contributed by atoms with van der Waals surface area (Å²) in [7, 11) is 1.51. The summed E-state index contributed by atoms with van der Waals surface area (Å²) < 4.78 is 41.7. The fourth-order valence-electron chi connectivity index (χ4n) is 2.96. The van der Waals surface area contributed by atoms with E-state index in [1.807, 2.05) is 0 Å². The first-order valence-electron chi connectivity index (χ1n) is 10.5. The third kappa shape index (κ3) is 7.70. The average molecular weight is 515 g/mol. The first-order chi connectivity index (χ1) is 17.2. The highest BCUT2D eigenvalue weighted by Crippen LogP contribution is 2.33. The summed E-state index contributed by atoms with van der Waals surface area (Å²) in [5, 5.41) is 13.3. The van der Waals surface area contributed by atoms with Gasteiger partial charge in [-0.15, -0.1) is 0 Å². The number of aromatic nitrogens is 1. The number of ether oxygens (including phenoxy) is 1. The third-order valence-electron chi connectivity index (χ3n) is 4.58. The van der Waals surface area contributed by atoms with Gasteiger partial charge in [0.2, 0.25) is 0 Å². The van der Waals surface area contributed by atoms with E-state index in [-0.39, 0.29) is 22.9 Å². The van der Waals surface area contributed by atoms with E-state index in [2.05, 4.69) is 20.4 Å². The summed E-state index contributed by atoms with van der Waals surface area (Å²) >= 11 is 1.22. The van der Waals surface area contributed by atoms with E-state index in [0.29, 0.717) is 21.0 Å². The molecule has 0 spiro atoms. The van der Waals surface area contributed by atoms with Crippen molar-refractivity contribution in [1.82, 2.24) is 10.3 Å². The van der Waals surface area contributed by atoms with Crippen LogP contribution in [0.5, 0.6) is 0 Å². The normalized spacial score (nSPS) is 11.2. The van der Waals surface area contributed by atoms with Gasteiger partial charge in [-0.1, -0.05) is 30.0 Å². The number of pyridine rings is 1. The zero-order chi connectivity index (χ0) is 26.1. The lowest BCUT2D eigenvalue weighted by atomic mass is 10.1. The van der Waals surface area contributed by atoms with Gasteiger partial charge in [-0.25, -0.2) is 4.79 Å². The maximum Gasteiger partial charge on any atom is 0.422 e. The van der Waals surface area contributed by atoms with Crippen molar-refractivity contribution in [1.29, 1.82) is 5.41 Å². The predicted molar refractivity (Wildman–Crippen MR) is 132 cm³/mol. The second-order valence-electron chi connectivity index (χ2n) is 7.20. The van der Waals surface area contributed by atoms with Crippen molar-refractivity contribution in [2.24, 2.45) is 0 Å². The number of carbonyl (C=O) groups is 2. The number of rotatable bonds is 8. The van der Waals surface area contributed by atoms with E-state index in [1.54, 1.807) is 66.9 Å². The smallest absolute Gasteiger partial charge is 0.422 e. The Kier molecular flexibility index (Phi) is 8.85. The summed E-state index contributed by atoms with van der Waals surface area (Å²) in [4.78, 5) is 29.6. The molecule has 3 N–H and O–H groups in total. The Bertz CT molecular complexity index is 1280. The fourth-order valence-corrected chi connectivity index (χ4v) is 3.94. The summed E-state index contributed by atoms with van der Waals surface area (Å²) in [6.45, 7) is -1.75. The Labute approximate surface area is 209 Å². The molecule has 0 aliphatic rings. The van der Waals surface area contributed by atoms with E-state index < -0.39 is 18.9 Å². The molecule has 1 heterocycles. The van der Waals surface area contributed by atoms with Gasteiger partial charge in [-0.05, 0) is 54.6 Å². The van der Waals surface area contributed by atoms with Crippen molar-refractivity contribution < 1.29 is 27.5 Å². The molecular weight excluding hydrogens is 493 g/mol. The number of hydrogen-bond acceptors (Lipinski definition) is 6. The van der Waals surface area contributed by atoms with Crippen LogP contribution in [0.15, 0.2) is 82.7 Å². The van der Waals surface area contributed by atoms with Gasteiger partial charge in [0.05, 0.1) is 22.7 Å². The highest BCUT2D eigenvalue weighted by atomic mass is 32.2. The van der Waals surface area contributed by atoms with Crippen LogP contribution >= 0.6 is 11.8 Å². The number of anilines is 1. The van der Waals surface area contributed by atoms with Crippen LogP contribution in [0.3, 0.4) is 0 Å². The van der Waals surface area contributed by atoms with Gasteiger partial charge >= 0.3 is 12.3 Å². The molecule has 0 bridgehead atoms. The molecule has 7 nitrogen and oxygen atoms in total. The Morgan fingerprint density at radius 1 is 1.08 bits per heavy atom. The Morgan fingerprint density at radius 3 is 2.53 bits per heavy atom. The minimum absolute atomic E-state index is 0.0194. The van der Waals surface area contributed by atoms with Gasteiger partial charge in [0.1, 0.15) is 0 Å². The van der Waals surface area contributed by atoms with Gasteiger partial charge in [-0.2, -0.15) is 13.2 Å². The second kappa shape index (κ2) is 12.0. The van der Waals surface area contributed by atoms with Gasteiger partial charge in [0, 0.05) is 28.6 Å². The molecule has 0 unspecified atom stereocenters. The number of nitrogens with one attached hydrogen (secondary N) is 3. The van der Waals surface area contributed by atoms with Gasteiger partial charge in [0.25, 0.3) is 5.91 Å². The van der Waals surface area contributed by atoms with Crippen molar-refractivity contribution in [3.63, 3.8) is 0 Å². The standard InChI is InChI=1S/C25H21F3N4O3S/c1-30-23(33)19-7-2-3-8-22(19)36-17-10-11-18(20(29)12-9-16-6-4-5-13-31-16)21(14-17)32-24(34)35-15-25(26,27)28/h2-14,29H,15H2,1H3,(H,30,33)(H,32,34)/b12-9+,29-20?. The van der Waals surface area contributed by atoms with Crippen LogP contribution in [-0.4, -0.2) is 42.5 Å². The molecule has 0 radical (unpaired) electrons. The number of halogens is 3. The van der Waals surface area contributed by atoms with Crippen molar-refractivity contribution in [3.05, 3.63) is 89.8 Å². The van der Waals surface area contributed by atoms with Crippen molar-refractivity contribution >= 4 is 41.2 Å². The molecule has 11 heteroatoms. The lowest BCUT2D eigenvalue weighted by Crippen LogP contribution is -2.24. The zero-order valence-electron chi connectivity index (χ0n) is 18.9. The van der Waals surface area contributed by atoms with E-state index in [9.17, 15) is 22.8 Å². The average Bonchev–Trinajstić information content (AvgIpc) is 2.86. The predicted octanol–water partition coefficient (Wildman–Crippen LogP) is 5.78. The fraction of sp³-hybridized carbons (Fsp3) is 0.120. The molecule has 0 atom stereocenters. The van der Waals surface area contributed by atoms with E-state index in [4.69, 9.17) is 5.41 Å².